The van der Waals surface area contributed by atoms with E-state index in [0.717, 1.165) is 22.1 Å². The van der Waals surface area contributed by atoms with Crippen molar-refractivity contribution in [3.63, 3.8) is 0 Å². The van der Waals surface area contributed by atoms with Crippen molar-refractivity contribution < 1.29 is 0 Å². The Balaban J connectivity index is 1.62. The molecule has 0 saturated heterocycles. The number of thiazole rings is 1. The summed E-state index contributed by atoms with van der Waals surface area (Å²) < 4.78 is 2.93. The van der Waals surface area contributed by atoms with Crippen LogP contribution in [0.4, 0.5) is 0 Å². The number of aromatic nitrogens is 3. The van der Waals surface area contributed by atoms with Gasteiger partial charge in [-0.15, -0.1) is 11.3 Å². The number of para-hydroxylation sites is 1. The topological polar surface area (TPSA) is 47.8 Å². The first-order valence-electron chi connectivity index (χ1n) is 8.44. The van der Waals surface area contributed by atoms with Crippen molar-refractivity contribution >= 4 is 45.0 Å². The summed E-state index contributed by atoms with van der Waals surface area (Å²) in [6.45, 7) is 1.93. The highest BCUT2D eigenvalue weighted by atomic mass is 35.5. The molecular formula is C20H16ClN3OS2. The molecule has 2 aromatic carbocycles. The number of halogens is 1. The Morgan fingerprint density at radius 2 is 1.96 bits per heavy atom. The van der Waals surface area contributed by atoms with Crippen LogP contribution in [0.5, 0.6) is 0 Å². The Morgan fingerprint density at radius 1 is 1.15 bits per heavy atom. The minimum absolute atomic E-state index is 0.136. The van der Waals surface area contributed by atoms with Gasteiger partial charge in [-0.2, -0.15) is 0 Å². The summed E-state index contributed by atoms with van der Waals surface area (Å²) in [5.74, 6) is 0.904. The van der Waals surface area contributed by atoms with Gasteiger partial charge in [0, 0.05) is 5.75 Å². The number of fused-ring (bicyclic) bond motifs is 1. The van der Waals surface area contributed by atoms with Gasteiger partial charge in [-0.25, -0.2) is 9.97 Å². The summed E-state index contributed by atoms with van der Waals surface area (Å²) in [6, 6.07) is 15.9. The molecular weight excluding hydrogens is 398 g/mol. The van der Waals surface area contributed by atoms with Crippen LogP contribution in [-0.2, 0) is 6.42 Å². The van der Waals surface area contributed by atoms with E-state index >= 15 is 0 Å². The van der Waals surface area contributed by atoms with Crippen molar-refractivity contribution in [1.29, 1.82) is 0 Å². The lowest BCUT2D eigenvalue weighted by molar-refractivity contribution is 0.950. The molecule has 0 radical (unpaired) electrons. The van der Waals surface area contributed by atoms with Crippen LogP contribution < -0.4 is 5.56 Å². The summed E-state index contributed by atoms with van der Waals surface area (Å²) in [5.41, 5.74) is 3.25. The predicted molar refractivity (Wildman–Crippen MR) is 114 cm³/mol. The minimum atomic E-state index is -0.136. The largest absolute Gasteiger partial charge is 0.277 e. The fourth-order valence-corrected chi connectivity index (χ4v) is 5.24. The van der Waals surface area contributed by atoms with Crippen molar-refractivity contribution in [2.24, 2.45) is 0 Å². The molecule has 4 aromatic rings. The van der Waals surface area contributed by atoms with Gasteiger partial charge in [0.15, 0.2) is 9.99 Å². The van der Waals surface area contributed by atoms with Crippen molar-refractivity contribution in [2.75, 3.05) is 5.75 Å². The van der Waals surface area contributed by atoms with Gasteiger partial charge in [0.25, 0.3) is 5.56 Å². The lowest BCUT2D eigenvalue weighted by Gasteiger charge is -2.10. The van der Waals surface area contributed by atoms with E-state index < -0.39 is 0 Å². The first kappa shape index (κ1) is 18.2. The summed E-state index contributed by atoms with van der Waals surface area (Å²) in [6.07, 6.45) is 2.47. The van der Waals surface area contributed by atoms with Crippen LogP contribution in [0, 0.1) is 6.92 Å². The van der Waals surface area contributed by atoms with E-state index in [-0.39, 0.29) is 5.56 Å². The third-order valence-corrected chi connectivity index (χ3v) is 6.67. The molecule has 0 saturated carbocycles. The first-order chi connectivity index (χ1) is 13.1. The van der Waals surface area contributed by atoms with Gasteiger partial charge in [0.1, 0.15) is 11.0 Å². The molecule has 7 heteroatoms. The number of benzene rings is 2. The lowest BCUT2D eigenvalue weighted by Crippen LogP contribution is -2.19. The number of aryl methyl sites for hydroxylation is 2. The highest BCUT2D eigenvalue weighted by Crippen LogP contribution is 2.28. The monoisotopic (exact) mass is 413 g/mol. The average Bonchev–Trinajstić information content (AvgIpc) is 3.08. The fourth-order valence-electron chi connectivity index (χ4n) is 2.84. The smallest absolute Gasteiger partial charge is 0.267 e. The zero-order chi connectivity index (χ0) is 18.8. The van der Waals surface area contributed by atoms with E-state index in [4.69, 9.17) is 11.6 Å². The molecule has 27 heavy (non-hydrogen) atoms. The highest BCUT2D eigenvalue weighted by molar-refractivity contribution is 8.01. The van der Waals surface area contributed by atoms with Crippen LogP contribution in [0.25, 0.3) is 16.0 Å². The number of thioether (sulfide) groups is 1. The Morgan fingerprint density at radius 3 is 2.74 bits per heavy atom. The molecule has 0 N–H and O–H groups in total. The minimum Gasteiger partial charge on any atom is -0.267 e. The zero-order valence-electron chi connectivity index (χ0n) is 14.6. The fraction of sp³-hybridized carbons (Fsp3) is 0.150. The molecule has 136 valence electrons. The van der Waals surface area contributed by atoms with Crippen LogP contribution >= 0.6 is 34.7 Å². The van der Waals surface area contributed by atoms with E-state index in [1.54, 1.807) is 17.8 Å². The molecule has 0 bridgehead atoms. The molecule has 4 nitrogen and oxygen atoms in total. The summed E-state index contributed by atoms with van der Waals surface area (Å²) in [4.78, 5) is 21.9. The molecule has 0 amide bonds. The number of nitrogens with zero attached hydrogens (tertiary/aromatic N) is 3. The van der Waals surface area contributed by atoms with Crippen molar-refractivity contribution in [3.8, 4) is 5.69 Å². The molecule has 2 aromatic heterocycles. The first-order valence-corrected chi connectivity index (χ1v) is 10.6. The maximum Gasteiger partial charge on any atom is 0.277 e. The van der Waals surface area contributed by atoms with E-state index in [1.165, 1.54) is 27.8 Å². The van der Waals surface area contributed by atoms with E-state index in [0.29, 0.717) is 21.1 Å². The maximum absolute atomic E-state index is 13.0. The second-order valence-electron chi connectivity index (χ2n) is 6.04. The Labute approximate surface area is 169 Å². The number of rotatable bonds is 5. The molecule has 0 atom stereocenters. The second-order valence-corrected chi connectivity index (χ2v) is 8.79. The van der Waals surface area contributed by atoms with Crippen LogP contribution in [0.15, 0.2) is 64.0 Å². The third kappa shape index (κ3) is 3.78. The van der Waals surface area contributed by atoms with E-state index in [1.807, 2.05) is 37.3 Å². The van der Waals surface area contributed by atoms with Crippen LogP contribution in [-0.4, -0.2) is 20.3 Å². The third-order valence-electron chi connectivity index (χ3n) is 4.19. The molecule has 4 rings (SSSR count). The Kier molecular flexibility index (Phi) is 5.29. The van der Waals surface area contributed by atoms with Crippen LogP contribution in [0.2, 0.25) is 5.02 Å². The van der Waals surface area contributed by atoms with Crippen molar-refractivity contribution in [1.82, 2.24) is 14.5 Å². The van der Waals surface area contributed by atoms with Gasteiger partial charge in [-0.1, -0.05) is 65.8 Å². The molecule has 0 aliphatic heterocycles. The summed E-state index contributed by atoms with van der Waals surface area (Å²) >= 11 is 9.36. The Bertz CT molecular complexity index is 1130. The SMILES string of the molecule is Cc1cccc(Cl)c1-n1cnc2nc(SCCc3ccccc3)sc2c1=O. The van der Waals surface area contributed by atoms with Gasteiger partial charge >= 0.3 is 0 Å². The van der Waals surface area contributed by atoms with Gasteiger partial charge in [-0.3, -0.25) is 9.36 Å². The molecule has 2 heterocycles. The quantitative estimate of drug-likeness (QED) is 0.425. The molecule has 0 unspecified atom stereocenters. The highest BCUT2D eigenvalue weighted by Gasteiger charge is 2.15. The van der Waals surface area contributed by atoms with Gasteiger partial charge in [0.2, 0.25) is 0 Å². The van der Waals surface area contributed by atoms with E-state index in [2.05, 4.69) is 22.1 Å². The average molecular weight is 414 g/mol. The zero-order valence-corrected chi connectivity index (χ0v) is 16.9. The summed E-state index contributed by atoms with van der Waals surface area (Å²) in [5, 5.41) is 0.528. The van der Waals surface area contributed by atoms with Gasteiger partial charge in [0.05, 0.1) is 10.7 Å². The number of hydrogen-bond acceptors (Lipinski definition) is 5. The number of hydrogen-bond donors (Lipinski definition) is 0. The second kappa shape index (κ2) is 7.84. The molecule has 0 aliphatic carbocycles. The van der Waals surface area contributed by atoms with E-state index in [9.17, 15) is 4.79 Å². The Hall–Kier alpha value is -2.15. The predicted octanol–water partition coefficient (Wildman–Crippen LogP) is 5.14. The van der Waals surface area contributed by atoms with Crippen molar-refractivity contribution in [2.45, 2.75) is 17.7 Å². The standard InChI is InChI=1S/C20H16ClN3OS2/c1-13-6-5-9-15(21)16(13)24-12-22-18-17(19(24)25)27-20(23-18)26-11-10-14-7-3-2-4-8-14/h2-9,12H,10-11H2,1H3. The summed E-state index contributed by atoms with van der Waals surface area (Å²) in [7, 11) is 0. The van der Waals surface area contributed by atoms with Crippen molar-refractivity contribution in [3.05, 3.63) is 81.4 Å². The molecule has 0 aliphatic rings. The van der Waals surface area contributed by atoms with Crippen LogP contribution in [0.1, 0.15) is 11.1 Å². The normalized spacial score (nSPS) is 11.2. The molecule has 0 fully saturated rings. The lowest BCUT2D eigenvalue weighted by atomic mass is 10.2. The van der Waals surface area contributed by atoms with Crippen LogP contribution in [0.3, 0.4) is 0 Å². The van der Waals surface area contributed by atoms with Gasteiger partial charge in [-0.05, 0) is 30.5 Å². The molecule has 0 spiro atoms. The maximum atomic E-state index is 13.0. The van der Waals surface area contributed by atoms with Gasteiger partial charge < -0.3 is 0 Å².